The zero-order chi connectivity index (χ0) is 31.6. The molecule has 3 rings (SSSR count). The molecule has 2 aromatic heterocycles. The Morgan fingerprint density at radius 2 is 1.93 bits per heavy atom. The number of fused-ring (bicyclic) bond motifs is 1. The second-order valence-electron chi connectivity index (χ2n) is 11.3. The number of rotatable bonds is 13. The number of nitrogens with one attached hydrogen (secondary N) is 2. The van der Waals surface area contributed by atoms with Crippen molar-refractivity contribution in [1.29, 1.82) is 0 Å². The van der Waals surface area contributed by atoms with Crippen LogP contribution >= 0.6 is 7.67 Å². The molecule has 0 amide bonds. The Balaban J connectivity index is 1.82. The number of aromatic nitrogens is 4. The number of nitrogens with two attached hydrogens (primary N) is 1. The van der Waals surface area contributed by atoms with Gasteiger partial charge in [0.25, 0.3) is 0 Å². The number of hydrogen-bond donors (Lipinski definition) is 5. The first kappa shape index (κ1) is 33.6. The van der Waals surface area contributed by atoms with Gasteiger partial charge in [-0.15, -0.1) is 0 Å². The van der Waals surface area contributed by atoms with Crippen molar-refractivity contribution in [3.05, 3.63) is 6.33 Å². The van der Waals surface area contributed by atoms with Crippen molar-refractivity contribution >= 4 is 36.7 Å². The standard InChI is InChI=1S/C24H39FN7O9P/c1-8-38-18-15-17(28-22(26)29-18)32(11-27-15)21-24(7,25)16(33)14(41-21)9-40-42(37,30-12(2)19(34)35)31-13(3)20(36)39-10-23(4,5)6/h11-14,16,21,33H,8-10H2,1-7H3,(H,34,35)(H2,26,28,29)(H2,30,31,37)/t12-,13-,14+,16+,21+,24+,42?/m0/s1. The number of esters is 1. The molecule has 3 heterocycles. The molecule has 2 aromatic rings. The summed E-state index contributed by atoms with van der Waals surface area (Å²) in [4.78, 5) is 36.3. The first-order valence-corrected chi connectivity index (χ1v) is 14.9. The third-order valence-electron chi connectivity index (χ3n) is 6.18. The monoisotopic (exact) mass is 619 g/mol. The predicted molar refractivity (Wildman–Crippen MR) is 147 cm³/mol. The molecule has 18 heteroatoms. The lowest BCUT2D eigenvalue weighted by atomic mass is 9.98. The fraction of sp³-hybridized carbons (Fsp3) is 0.708. The third-order valence-corrected chi connectivity index (χ3v) is 8.14. The van der Waals surface area contributed by atoms with Crippen LogP contribution in [0.5, 0.6) is 5.88 Å². The smallest absolute Gasteiger partial charge is 0.342 e. The highest BCUT2D eigenvalue weighted by Gasteiger charge is 2.56. The zero-order valence-corrected chi connectivity index (χ0v) is 25.4. The van der Waals surface area contributed by atoms with Crippen LogP contribution in [0.3, 0.4) is 0 Å². The highest BCUT2D eigenvalue weighted by molar-refractivity contribution is 7.54. The summed E-state index contributed by atoms with van der Waals surface area (Å²) >= 11 is 0. The van der Waals surface area contributed by atoms with Gasteiger partial charge >= 0.3 is 19.6 Å². The van der Waals surface area contributed by atoms with Gasteiger partial charge in [0.1, 0.15) is 24.3 Å². The van der Waals surface area contributed by atoms with Crippen molar-refractivity contribution < 1.29 is 47.5 Å². The van der Waals surface area contributed by atoms with Gasteiger partial charge in [-0.05, 0) is 33.1 Å². The van der Waals surface area contributed by atoms with Crippen LogP contribution in [0.15, 0.2) is 6.33 Å². The number of alkyl halides is 1. The van der Waals surface area contributed by atoms with Crippen LogP contribution in [-0.4, -0.2) is 91.5 Å². The SMILES string of the molecule is CCOc1nc(N)nc2c1ncn2[C@@H]1O[C@H](COP(=O)(N[C@@H](C)C(=O)O)N[C@@H](C)C(=O)OCC(C)(C)C)[C@@H](O)[C@@]1(C)F. The molecule has 1 aliphatic heterocycles. The van der Waals surface area contributed by atoms with Crippen LogP contribution in [-0.2, 0) is 28.2 Å². The molecule has 16 nitrogen and oxygen atoms in total. The van der Waals surface area contributed by atoms with Crippen molar-refractivity contribution in [1.82, 2.24) is 29.7 Å². The molecule has 1 saturated heterocycles. The van der Waals surface area contributed by atoms with Gasteiger partial charge in [0, 0.05) is 0 Å². The predicted octanol–water partition coefficient (Wildman–Crippen LogP) is 1.55. The minimum Gasteiger partial charge on any atom is -0.480 e. The molecule has 1 aliphatic rings. The van der Waals surface area contributed by atoms with Gasteiger partial charge < -0.3 is 34.7 Å². The van der Waals surface area contributed by atoms with Gasteiger partial charge in [0.05, 0.1) is 26.1 Å². The molecular weight excluding hydrogens is 580 g/mol. The summed E-state index contributed by atoms with van der Waals surface area (Å²) in [5.74, 6) is -2.19. The van der Waals surface area contributed by atoms with Crippen molar-refractivity contribution in [2.75, 3.05) is 25.6 Å². The number of carboxylic acids is 1. The molecule has 1 unspecified atom stereocenters. The number of aliphatic hydroxyl groups excluding tert-OH is 1. The second-order valence-corrected chi connectivity index (χ2v) is 13.2. The molecule has 42 heavy (non-hydrogen) atoms. The number of carboxylic acid groups (broad SMARTS) is 1. The van der Waals surface area contributed by atoms with Crippen molar-refractivity contribution in [2.45, 2.75) is 84.7 Å². The number of nitrogens with zero attached hydrogens (tertiary/aromatic N) is 4. The van der Waals surface area contributed by atoms with Gasteiger partial charge in [-0.1, -0.05) is 20.8 Å². The lowest BCUT2D eigenvalue weighted by Crippen LogP contribution is -2.44. The van der Waals surface area contributed by atoms with Crippen LogP contribution in [0.2, 0.25) is 0 Å². The lowest BCUT2D eigenvalue weighted by Gasteiger charge is -2.27. The first-order valence-electron chi connectivity index (χ1n) is 13.2. The minimum absolute atomic E-state index is 0.0755. The summed E-state index contributed by atoms with van der Waals surface area (Å²) in [5.41, 5.74) is 3.30. The average molecular weight is 620 g/mol. The van der Waals surface area contributed by atoms with E-state index in [0.717, 1.165) is 6.92 Å². The van der Waals surface area contributed by atoms with Gasteiger partial charge in [0.2, 0.25) is 11.8 Å². The van der Waals surface area contributed by atoms with Crippen LogP contribution in [0.1, 0.15) is 54.7 Å². The largest absolute Gasteiger partial charge is 0.480 e. The Bertz CT molecular complexity index is 1340. The Hall–Kier alpha value is -2.95. The highest BCUT2D eigenvalue weighted by atomic mass is 31.2. The fourth-order valence-electron chi connectivity index (χ4n) is 3.99. The van der Waals surface area contributed by atoms with E-state index in [1.165, 1.54) is 24.7 Å². The first-order chi connectivity index (χ1) is 19.4. The number of aliphatic carboxylic acids is 1. The zero-order valence-electron chi connectivity index (χ0n) is 24.5. The number of aliphatic hydroxyl groups is 1. The van der Waals surface area contributed by atoms with E-state index in [4.69, 9.17) is 24.5 Å². The lowest BCUT2D eigenvalue weighted by molar-refractivity contribution is -0.148. The molecule has 0 spiro atoms. The van der Waals surface area contributed by atoms with Crippen molar-refractivity contribution in [2.24, 2.45) is 5.41 Å². The summed E-state index contributed by atoms with van der Waals surface area (Å²) in [7, 11) is -4.33. The van der Waals surface area contributed by atoms with E-state index in [-0.39, 0.29) is 41.6 Å². The van der Waals surface area contributed by atoms with Crippen LogP contribution in [0.25, 0.3) is 11.2 Å². The normalized spacial score (nSPS) is 25.6. The maximum atomic E-state index is 16.0. The summed E-state index contributed by atoms with van der Waals surface area (Å²) in [6.45, 7) is 10.6. The number of halogens is 1. The van der Waals surface area contributed by atoms with Gasteiger partial charge in [-0.25, -0.2) is 19.5 Å². The Labute approximate surface area is 242 Å². The van der Waals surface area contributed by atoms with Gasteiger partial charge in [-0.2, -0.15) is 9.97 Å². The molecule has 0 saturated carbocycles. The van der Waals surface area contributed by atoms with E-state index in [1.807, 2.05) is 20.8 Å². The number of nitrogen functional groups attached to an aromatic ring is 1. The van der Waals surface area contributed by atoms with E-state index in [1.54, 1.807) is 6.92 Å². The summed E-state index contributed by atoms with van der Waals surface area (Å²) < 4.78 is 52.9. The van der Waals surface area contributed by atoms with E-state index in [0.29, 0.717) is 0 Å². The summed E-state index contributed by atoms with van der Waals surface area (Å²) in [5, 5.41) is 25.0. The van der Waals surface area contributed by atoms with E-state index in [2.05, 4.69) is 25.1 Å². The van der Waals surface area contributed by atoms with Gasteiger partial charge in [0.15, 0.2) is 23.1 Å². The summed E-state index contributed by atoms with van der Waals surface area (Å²) in [6, 6.07) is -2.57. The van der Waals surface area contributed by atoms with Crippen LogP contribution < -0.4 is 20.6 Å². The number of carbonyl (C=O) groups excluding carboxylic acids is 1. The van der Waals surface area contributed by atoms with E-state index in [9.17, 15) is 24.4 Å². The molecule has 1 fully saturated rings. The number of ether oxygens (including phenoxy) is 3. The average Bonchev–Trinajstić information content (AvgIpc) is 3.38. The molecular formula is C24H39FN7O9P. The molecule has 0 bridgehead atoms. The second kappa shape index (κ2) is 12.7. The van der Waals surface area contributed by atoms with Gasteiger partial charge in [-0.3, -0.25) is 18.7 Å². The number of hydrogen-bond acceptors (Lipinski definition) is 12. The van der Waals surface area contributed by atoms with Crippen LogP contribution in [0, 0.1) is 5.41 Å². The number of anilines is 1. The molecule has 0 radical (unpaired) electrons. The topological polar surface area (TPSA) is 222 Å². The Morgan fingerprint density at radius 3 is 2.52 bits per heavy atom. The maximum Gasteiger partial charge on any atom is 0.342 e. The molecule has 0 aliphatic carbocycles. The van der Waals surface area contributed by atoms with E-state index < -0.39 is 62.4 Å². The van der Waals surface area contributed by atoms with Crippen molar-refractivity contribution in [3.8, 4) is 5.88 Å². The molecule has 7 atom stereocenters. The van der Waals surface area contributed by atoms with E-state index >= 15 is 4.39 Å². The molecule has 236 valence electrons. The third kappa shape index (κ3) is 7.71. The molecule has 6 N–H and O–H groups in total. The molecule has 0 aromatic carbocycles. The Kier molecular flexibility index (Phi) is 10.2. The van der Waals surface area contributed by atoms with Crippen LogP contribution in [0.4, 0.5) is 10.3 Å². The summed E-state index contributed by atoms with van der Waals surface area (Å²) in [6.07, 6.45) is -3.45. The fourth-order valence-corrected chi connectivity index (χ4v) is 5.80. The van der Waals surface area contributed by atoms with Crippen molar-refractivity contribution in [3.63, 3.8) is 0 Å². The maximum absolute atomic E-state index is 16.0. The Morgan fingerprint density at radius 1 is 1.29 bits per heavy atom. The highest BCUT2D eigenvalue weighted by Crippen LogP contribution is 2.45. The minimum atomic E-state index is -4.33. The number of imidazole rings is 1. The quantitative estimate of drug-likeness (QED) is 0.158. The number of carbonyl (C=O) groups is 2.